The van der Waals surface area contributed by atoms with Crippen LogP contribution < -0.4 is 10.6 Å². The maximum Gasteiger partial charge on any atom is 0.252 e. The summed E-state index contributed by atoms with van der Waals surface area (Å²) in [6.07, 6.45) is 3.96. The van der Waals surface area contributed by atoms with Crippen LogP contribution in [0.5, 0.6) is 0 Å². The molecule has 0 saturated heterocycles. The molecule has 2 atom stereocenters. The minimum atomic E-state index is -1.08. The quantitative estimate of drug-likeness (QED) is 0.742. The monoisotopic (exact) mass is 392 g/mol. The molecule has 3 N–H and O–H groups in total. The second kappa shape index (κ2) is 8.21. The number of hydrogen-bond donors (Lipinski definition) is 3. The maximum atomic E-state index is 13.9. The first-order chi connectivity index (χ1) is 14.0. The van der Waals surface area contributed by atoms with Crippen molar-refractivity contribution < 1.29 is 14.3 Å². The molecule has 1 heterocycles. The van der Waals surface area contributed by atoms with Crippen molar-refractivity contribution in [3.8, 4) is 0 Å². The summed E-state index contributed by atoms with van der Waals surface area (Å²) >= 11 is 0. The van der Waals surface area contributed by atoms with Crippen molar-refractivity contribution in [1.82, 2.24) is 10.6 Å². The number of nitrogens with one attached hydrogen (secondary N) is 2. The van der Waals surface area contributed by atoms with Gasteiger partial charge in [0.25, 0.3) is 5.91 Å². The van der Waals surface area contributed by atoms with Gasteiger partial charge in [-0.05, 0) is 54.5 Å². The summed E-state index contributed by atoms with van der Waals surface area (Å²) in [6.45, 7) is 1.81. The molecule has 2 aromatic carbocycles. The third kappa shape index (κ3) is 4.10. The van der Waals surface area contributed by atoms with Gasteiger partial charge >= 0.3 is 0 Å². The summed E-state index contributed by atoms with van der Waals surface area (Å²) in [6, 6.07) is 15.0. The van der Waals surface area contributed by atoms with Gasteiger partial charge in [-0.25, -0.2) is 4.39 Å². The van der Waals surface area contributed by atoms with Crippen molar-refractivity contribution in [2.45, 2.75) is 39.0 Å². The van der Waals surface area contributed by atoms with E-state index >= 15 is 0 Å². The van der Waals surface area contributed by atoms with E-state index in [2.05, 4.69) is 16.7 Å². The van der Waals surface area contributed by atoms with Crippen LogP contribution in [0.1, 0.15) is 36.0 Å². The fraction of sp³-hybridized carbons (Fsp3) is 0.292. The molecule has 4 rings (SSSR count). The van der Waals surface area contributed by atoms with Crippen molar-refractivity contribution in [3.63, 3.8) is 0 Å². The average molecular weight is 392 g/mol. The first-order valence-corrected chi connectivity index (χ1v) is 10.00. The van der Waals surface area contributed by atoms with Gasteiger partial charge in [-0.15, -0.1) is 0 Å². The van der Waals surface area contributed by atoms with Crippen molar-refractivity contribution >= 4 is 11.5 Å². The molecule has 0 aromatic heterocycles. The van der Waals surface area contributed by atoms with Crippen molar-refractivity contribution in [1.29, 1.82) is 0 Å². The zero-order valence-corrected chi connectivity index (χ0v) is 16.4. The lowest BCUT2D eigenvalue weighted by Gasteiger charge is -2.33. The Morgan fingerprint density at radius 2 is 1.90 bits per heavy atom. The van der Waals surface area contributed by atoms with E-state index in [9.17, 15) is 14.3 Å². The highest BCUT2D eigenvalue weighted by molar-refractivity contribution is 5.95. The largest absolute Gasteiger partial charge is 0.356 e. The molecule has 0 fully saturated rings. The number of rotatable bonds is 4. The molecule has 1 amide bonds. The predicted molar refractivity (Wildman–Crippen MR) is 111 cm³/mol. The molecule has 1 aliphatic carbocycles. The molecule has 0 radical (unpaired) electrons. The van der Waals surface area contributed by atoms with Gasteiger partial charge in [-0.2, -0.15) is 0 Å². The maximum absolute atomic E-state index is 13.9. The van der Waals surface area contributed by atoms with Gasteiger partial charge in [0.1, 0.15) is 5.82 Å². The molecule has 1 aliphatic heterocycles. The van der Waals surface area contributed by atoms with Crippen LogP contribution in [0.3, 0.4) is 0 Å². The SMILES string of the molecule is Cc1c(F)cccc1C1=CCC(C2=C(Cc3ccccc3)C(=O)NC(O)N2)CC1. The fourth-order valence-electron chi connectivity index (χ4n) is 4.24. The van der Waals surface area contributed by atoms with E-state index in [1.54, 1.807) is 6.07 Å². The average Bonchev–Trinajstić information content (AvgIpc) is 2.73. The Kier molecular flexibility index (Phi) is 5.49. The van der Waals surface area contributed by atoms with Gasteiger partial charge in [-0.3, -0.25) is 4.79 Å². The molecular weight excluding hydrogens is 367 g/mol. The Morgan fingerprint density at radius 1 is 1.10 bits per heavy atom. The Bertz CT molecular complexity index is 982. The van der Waals surface area contributed by atoms with Gasteiger partial charge in [0.15, 0.2) is 0 Å². The Hall–Kier alpha value is -2.92. The van der Waals surface area contributed by atoms with Gasteiger partial charge < -0.3 is 15.7 Å². The van der Waals surface area contributed by atoms with Crippen LogP contribution in [0.4, 0.5) is 4.39 Å². The number of benzene rings is 2. The molecule has 0 bridgehead atoms. The predicted octanol–water partition coefficient (Wildman–Crippen LogP) is 3.81. The Balaban J connectivity index is 1.61. The van der Waals surface area contributed by atoms with Crippen LogP contribution in [-0.2, 0) is 11.2 Å². The molecule has 0 spiro atoms. The van der Waals surface area contributed by atoms with E-state index in [1.807, 2.05) is 43.3 Å². The summed E-state index contributed by atoms with van der Waals surface area (Å²) in [5.41, 5.74) is 5.31. The lowest BCUT2D eigenvalue weighted by Crippen LogP contribution is -2.52. The fourth-order valence-corrected chi connectivity index (χ4v) is 4.24. The van der Waals surface area contributed by atoms with Crippen LogP contribution in [0.15, 0.2) is 65.9 Å². The summed E-state index contributed by atoms with van der Waals surface area (Å²) in [5, 5.41) is 15.7. The second-order valence-electron chi connectivity index (χ2n) is 7.69. The van der Waals surface area contributed by atoms with Gasteiger partial charge in [0.05, 0.1) is 0 Å². The number of carbonyl (C=O) groups excluding carboxylic acids is 1. The number of amides is 1. The minimum Gasteiger partial charge on any atom is -0.356 e. The standard InChI is InChI=1S/C24H25FN2O2/c1-15-19(8-5-9-21(15)25)17-10-12-18(13-11-17)22-20(23(28)27-24(29)26-22)14-16-6-3-2-4-7-16/h2-10,18,24,26,29H,11-14H2,1H3,(H,27,28). The number of aliphatic hydroxyl groups is 1. The second-order valence-corrected chi connectivity index (χ2v) is 7.69. The molecule has 0 saturated carbocycles. The number of halogens is 1. The summed E-state index contributed by atoms with van der Waals surface area (Å²) in [7, 11) is 0. The lowest BCUT2D eigenvalue weighted by molar-refractivity contribution is -0.122. The number of hydrogen-bond acceptors (Lipinski definition) is 3. The van der Waals surface area contributed by atoms with Crippen LogP contribution in [0, 0.1) is 18.7 Å². The summed E-state index contributed by atoms with van der Waals surface area (Å²) < 4.78 is 13.9. The molecule has 4 nitrogen and oxygen atoms in total. The molecule has 2 unspecified atom stereocenters. The van der Waals surface area contributed by atoms with Crippen molar-refractivity contribution in [2.24, 2.45) is 5.92 Å². The van der Waals surface area contributed by atoms with E-state index in [-0.39, 0.29) is 17.6 Å². The molecule has 150 valence electrons. The molecule has 5 heteroatoms. The van der Waals surface area contributed by atoms with Gasteiger partial charge in [-0.1, -0.05) is 48.5 Å². The highest BCUT2D eigenvalue weighted by Gasteiger charge is 2.30. The summed E-state index contributed by atoms with van der Waals surface area (Å²) in [4.78, 5) is 12.6. The third-order valence-corrected chi connectivity index (χ3v) is 5.82. The minimum absolute atomic E-state index is 0.118. The number of carbonyl (C=O) groups is 1. The van der Waals surface area contributed by atoms with E-state index in [4.69, 9.17) is 0 Å². The Morgan fingerprint density at radius 3 is 2.62 bits per heavy atom. The normalized spacial score (nSPS) is 22.0. The molecule has 2 aromatic rings. The van der Waals surface area contributed by atoms with E-state index < -0.39 is 6.35 Å². The number of allylic oxidation sites excluding steroid dienone is 3. The first-order valence-electron chi connectivity index (χ1n) is 10.00. The smallest absolute Gasteiger partial charge is 0.252 e. The van der Waals surface area contributed by atoms with Gasteiger partial charge in [0, 0.05) is 23.6 Å². The summed E-state index contributed by atoms with van der Waals surface area (Å²) in [5.74, 6) is -0.301. The number of aliphatic hydroxyl groups excluding tert-OH is 1. The van der Waals surface area contributed by atoms with E-state index in [1.165, 1.54) is 6.07 Å². The molecular formula is C24H25FN2O2. The van der Waals surface area contributed by atoms with Crippen molar-refractivity contribution in [3.05, 3.63) is 88.4 Å². The zero-order chi connectivity index (χ0) is 20.4. The zero-order valence-electron chi connectivity index (χ0n) is 16.4. The highest BCUT2D eigenvalue weighted by Crippen LogP contribution is 2.36. The molecule has 29 heavy (non-hydrogen) atoms. The van der Waals surface area contributed by atoms with Gasteiger partial charge in [0.2, 0.25) is 6.35 Å². The van der Waals surface area contributed by atoms with E-state index in [0.29, 0.717) is 17.6 Å². The van der Waals surface area contributed by atoms with E-state index in [0.717, 1.165) is 41.7 Å². The molecule has 2 aliphatic rings. The van der Waals surface area contributed by atoms with Crippen LogP contribution >= 0.6 is 0 Å². The van der Waals surface area contributed by atoms with Crippen molar-refractivity contribution in [2.75, 3.05) is 0 Å². The topological polar surface area (TPSA) is 61.4 Å². The first kappa shape index (κ1) is 19.4. The van der Waals surface area contributed by atoms with Crippen LogP contribution in [0.2, 0.25) is 0 Å². The highest BCUT2D eigenvalue weighted by atomic mass is 19.1. The Labute approximate surface area is 170 Å². The lowest BCUT2D eigenvalue weighted by atomic mass is 9.81. The van der Waals surface area contributed by atoms with Crippen LogP contribution in [0.25, 0.3) is 5.57 Å². The third-order valence-electron chi connectivity index (χ3n) is 5.82. The van der Waals surface area contributed by atoms with Crippen LogP contribution in [-0.4, -0.2) is 17.4 Å².